The number of carbonyl (C=O) groups excluding carboxylic acids is 1. The largest absolute Gasteiger partial charge is 0.369 e. The number of benzene rings is 2. The summed E-state index contributed by atoms with van der Waals surface area (Å²) < 4.78 is 2.30. The molecule has 0 bridgehead atoms. The van der Waals surface area contributed by atoms with Gasteiger partial charge in [0.05, 0.1) is 10.0 Å². The summed E-state index contributed by atoms with van der Waals surface area (Å²) in [5, 5.41) is 1.20. The second kappa shape index (κ2) is 12.1. The van der Waals surface area contributed by atoms with Crippen LogP contribution in [0.15, 0.2) is 54.6 Å². The van der Waals surface area contributed by atoms with Crippen LogP contribution in [0.5, 0.6) is 0 Å². The second-order valence-corrected chi connectivity index (χ2v) is 10.2. The maximum Gasteiger partial charge on any atom is 0.164 e. The number of nitrogens with zero attached hydrogens (tertiary/aromatic N) is 3. The number of piperazine rings is 1. The summed E-state index contributed by atoms with van der Waals surface area (Å²) in [5.74, 6) is 0.263. The number of unbranched alkanes of at least 4 members (excludes halogenated alkanes) is 1. The molecule has 1 fully saturated rings. The quantitative estimate of drug-likeness (QED) is 0.210. The highest BCUT2D eigenvalue weighted by Gasteiger charge is 2.20. The first kappa shape index (κ1) is 25.8. The molecular weight excluding hydrogens is 477 g/mol. The van der Waals surface area contributed by atoms with Gasteiger partial charge in [-0.15, -0.1) is 0 Å². The molecule has 2 aromatic carbocycles. The first-order valence-electron chi connectivity index (χ1n) is 12.7. The molecule has 6 heteroatoms. The maximum atomic E-state index is 13.1. The number of aromatic nitrogens is 1. The molecule has 3 aromatic rings. The van der Waals surface area contributed by atoms with E-state index < -0.39 is 0 Å². The van der Waals surface area contributed by atoms with Crippen molar-refractivity contribution in [3.8, 4) is 11.3 Å². The van der Waals surface area contributed by atoms with Gasteiger partial charge >= 0.3 is 0 Å². The SMILES string of the molecule is CCCn1c(-c2ccccc2)cc(C(=O)CCCCN2CCN(c3ccc(Cl)c(Cl)c3)CC2)c1C. The number of ketones is 1. The molecule has 0 spiro atoms. The van der Waals surface area contributed by atoms with E-state index in [1.807, 2.05) is 24.3 Å². The van der Waals surface area contributed by atoms with Crippen molar-refractivity contribution in [2.45, 2.75) is 46.1 Å². The summed E-state index contributed by atoms with van der Waals surface area (Å²) in [6.07, 6.45) is 3.61. The number of anilines is 1. The van der Waals surface area contributed by atoms with Crippen LogP contribution in [-0.4, -0.2) is 48.0 Å². The van der Waals surface area contributed by atoms with Crippen LogP contribution in [0.25, 0.3) is 11.3 Å². The molecule has 4 nitrogen and oxygen atoms in total. The lowest BCUT2D eigenvalue weighted by Gasteiger charge is -2.36. The average Bonchev–Trinajstić information content (AvgIpc) is 3.20. The van der Waals surface area contributed by atoms with Crippen molar-refractivity contribution in [1.29, 1.82) is 0 Å². The van der Waals surface area contributed by atoms with Crippen molar-refractivity contribution < 1.29 is 4.79 Å². The summed E-state index contributed by atoms with van der Waals surface area (Å²) in [6, 6.07) is 18.3. The van der Waals surface area contributed by atoms with Gasteiger partial charge in [0.2, 0.25) is 0 Å². The first-order chi connectivity index (χ1) is 17.0. The van der Waals surface area contributed by atoms with Crippen LogP contribution in [0.2, 0.25) is 10.0 Å². The van der Waals surface area contributed by atoms with Gasteiger partial charge in [-0.25, -0.2) is 0 Å². The van der Waals surface area contributed by atoms with Crippen LogP contribution >= 0.6 is 23.2 Å². The zero-order chi connectivity index (χ0) is 24.8. The van der Waals surface area contributed by atoms with E-state index in [2.05, 4.69) is 58.5 Å². The molecule has 0 radical (unpaired) electrons. The van der Waals surface area contributed by atoms with E-state index in [9.17, 15) is 4.79 Å². The lowest BCUT2D eigenvalue weighted by atomic mass is 10.0. The Balaban J connectivity index is 1.26. The van der Waals surface area contributed by atoms with Gasteiger partial charge in [0.15, 0.2) is 5.78 Å². The lowest BCUT2D eigenvalue weighted by molar-refractivity contribution is 0.0977. The predicted molar refractivity (Wildman–Crippen MR) is 148 cm³/mol. The zero-order valence-corrected chi connectivity index (χ0v) is 22.3. The predicted octanol–water partition coefficient (Wildman–Crippen LogP) is 7.36. The monoisotopic (exact) mass is 511 g/mol. The molecule has 0 saturated carbocycles. The van der Waals surface area contributed by atoms with Crippen LogP contribution in [0.1, 0.15) is 48.7 Å². The van der Waals surface area contributed by atoms with Crippen LogP contribution in [0, 0.1) is 6.92 Å². The van der Waals surface area contributed by atoms with Crippen LogP contribution in [-0.2, 0) is 6.54 Å². The van der Waals surface area contributed by atoms with Gasteiger partial charge in [0.25, 0.3) is 0 Å². The molecule has 4 rings (SSSR count). The number of rotatable bonds is 10. The lowest BCUT2D eigenvalue weighted by Crippen LogP contribution is -2.46. The zero-order valence-electron chi connectivity index (χ0n) is 20.8. The van der Waals surface area contributed by atoms with E-state index in [1.54, 1.807) is 0 Å². The van der Waals surface area contributed by atoms with E-state index in [0.29, 0.717) is 16.5 Å². The molecule has 0 amide bonds. The van der Waals surface area contributed by atoms with E-state index in [1.165, 1.54) is 5.56 Å². The summed E-state index contributed by atoms with van der Waals surface area (Å²) in [6.45, 7) is 10.2. The van der Waals surface area contributed by atoms with Gasteiger partial charge in [-0.05, 0) is 62.6 Å². The van der Waals surface area contributed by atoms with Gasteiger partial charge in [-0.1, -0.05) is 60.5 Å². The highest BCUT2D eigenvalue weighted by atomic mass is 35.5. The molecule has 1 aliphatic rings. The Bertz CT molecular complexity index is 1130. The standard InChI is InChI=1S/C29H35Cl2N3O/c1-3-14-34-22(2)25(21-28(34)23-9-5-4-6-10-23)29(35)11-7-8-15-32-16-18-33(19-17-32)24-12-13-26(30)27(31)20-24/h4-6,9-10,12-13,20-21H,3,7-8,11,14-19H2,1-2H3. The molecule has 1 aliphatic heterocycles. The van der Waals surface area contributed by atoms with E-state index >= 15 is 0 Å². The smallest absolute Gasteiger partial charge is 0.164 e. The minimum absolute atomic E-state index is 0.263. The molecule has 186 valence electrons. The van der Waals surface area contributed by atoms with Gasteiger partial charge in [-0.3, -0.25) is 9.69 Å². The Morgan fingerprint density at radius 3 is 2.31 bits per heavy atom. The Morgan fingerprint density at radius 2 is 1.63 bits per heavy atom. The number of halogens is 2. The van der Waals surface area contributed by atoms with Crippen molar-refractivity contribution in [1.82, 2.24) is 9.47 Å². The third-order valence-electron chi connectivity index (χ3n) is 6.95. The summed E-state index contributed by atoms with van der Waals surface area (Å²) in [4.78, 5) is 18.0. The number of hydrogen-bond acceptors (Lipinski definition) is 3. The molecule has 0 aliphatic carbocycles. The number of Topliss-reactive ketones (excluding diaryl/α,β-unsaturated/α-hetero) is 1. The number of carbonyl (C=O) groups is 1. The minimum atomic E-state index is 0.263. The first-order valence-corrected chi connectivity index (χ1v) is 13.4. The van der Waals surface area contributed by atoms with Gasteiger partial charge in [0.1, 0.15) is 0 Å². The van der Waals surface area contributed by atoms with Crippen molar-refractivity contribution in [2.24, 2.45) is 0 Å². The fourth-order valence-electron chi connectivity index (χ4n) is 4.95. The highest BCUT2D eigenvalue weighted by molar-refractivity contribution is 6.42. The molecule has 0 atom stereocenters. The van der Waals surface area contributed by atoms with Crippen molar-refractivity contribution in [3.05, 3.63) is 75.9 Å². The molecule has 0 unspecified atom stereocenters. The van der Waals surface area contributed by atoms with Crippen LogP contribution in [0.3, 0.4) is 0 Å². The second-order valence-electron chi connectivity index (χ2n) is 9.35. The van der Waals surface area contributed by atoms with Crippen LogP contribution in [0.4, 0.5) is 5.69 Å². The van der Waals surface area contributed by atoms with Crippen molar-refractivity contribution in [2.75, 3.05) is 37.6 Å². The summed E-state index contributed by atoms with van der Waals surface area (Å²) >= 11 is 12.2. The molecule has 1 aromatic heterocycles. The molecule has 0 N–H and O–H groups in total. The minimum Gasteiger partial charge on any atom is -0.369 e. The van der Waals surface area contributed by atoms with Crippen molar-refractivity contribution >= 4 is 34.7 Å². The topological polar surface area (TPSA) is 28.5 Å². The van der Waals surface area contributed by atoms with Gasteiger partial charge in [0, 0.05) is 61.8 Å². The molecule has 35 heavy (non-hydrogen) atoms. The van der Waals surface area contributed by atoms with E-state index in [4.69, 9.17) is 23.2 Å². The molecule has 2 heterocycles. The third-order valence-corrected chi connectivity index (χ3v) is 7.69. The van der Waals surface area contributed by atoms with E-state index in [-0.39, 0.29) is 5.78 Å². The summed E-state index contributed by atoms with van der Waals surface area (Å²) in [7, 11) is 0. The van der Waals surface area contributed by atoms with Gasteiger partial charge in [-0.2, -0.15) is 0 Å². The fraction of sp³-hybridized carbons (Fsp3) is 0.414. The van der Waals surface area contributed by atoms with Gasteiger partial charge < -0.3 is 9.47 Å². The third kappa shape index (κ3) is 6.30. The molecule has 1 saturated heterocycles. The summed E-state index contributed by atoms with van der Waals surface area (Å²) in [5.41, 5.74) is 5.42. The average molecular weight is 513 g/mol. The normalized spacial score (nSPS) is 14.5. The number of hydrogen-bond donors (Lipinski definition) is 0. The van der Waals surface area contributed by atoms with Crippen molar-refractivity contribution in [3.63, 3.8) is 0 Å². The maximum absolute atomic E-state index is 13.1. The fourth-order valence-corrected chi connectivity index (χ4v) is 5.25. The molecular formula is C29H35Cl2N3O. The Hall–Kier alpha value is -2.27. The highest BCUT2D eigenvalue weighted by Crippen LogP contribution is 2.29. The Morgan fingerprint density at radius 1 is 0.886 bits per heavy atom. The Labute approximate surface area is 219 Å². The Kier molecular flexibility index (Phi) is 8.94. The van der Waals surface area contributed by atoms with Crippen LogP contribution < -0.4 is 4.90 Å². The van der Waals surface area contributed by atoms with E-state index in [0.717, 1.165) is 81.2 Å².